The lowest BCUT2D eigenvalue weighted by Crippen LogP contribution is -2.41. The maximum absolute atomic E-state index is 13.0. The third kappa shape index (κ3) is 4.81. The van der Waals surface area contributed by atoms with Gasteiger partial charge in [0.25, 0.3) is 5.91 Å². The number of sulfonamides is 1. The molecule has 0 bridgehead atoms. The number of rotatable bonds is 5. The fourth-order valence-electron chi connectivity index (χ4n) is 4.01. The van der Waals surface area contributed by atoms with Gasteiger partial charge < -0.3 is 10.2 Å². The van der Waals surface area contributed by atoms with E-state index in [2.05, 4.69) is 10.3 Å². The molecule has 0 spiro atoms. The second kappa shape index (κ2) is 9.05. The quantitative estimate of drug-likeness (QED) is 0.737. The zero-order valence-corrected chi connectivity index (χ0v) is 19.0. The Balaban J connectivity index is 1.38. The minimum Gasteiger partial charge on any atom is -0.339 e. The number of aromatic nitrogens is 1. The second-order valence-electron chi connectivity index (χ2n) is 7.99. The number of nitrogens with one attached hydrogen (secondary N) is 1. The van der Waals surface area contributed by atoms with Crippen molar-refractivity contribution in [3.8, 4) is 0 Å². The highest BCUT2D eigenvalue weighted by Crippen LogP contribution is 2.25. The molecule has 1 N–H and O–H groups in total. The molecule has 10 heteroatoms. The van der Waals surface area contributed by atoms with Crippen molar-refractivity contribution < 1.29 is 18.0 Å². The van der Waals surface area contributed by atoms with E-state index in [1.54, 1.807) is 23.1 Å². The zero-order valence-electron chi connectivity index (χ0n) is 17.4. The van der Waals surface area contributed by atoms with Crippen LogP contribution in [0.1, 0.15) is 41.7 Å². The Kier molecular flexibility index (Phi) is 6.40. The number of carbonyl (C=O) groups excluding carboxylic acids is 2. The van der Waals surface area contributed by atoms with E-state index in [9.17, 15) is 18.0 Å². The molecule has 0 aliphatic carbocycles. The molecule has 8 nitrogen and oxygen atoms in total. The summed E-state index contributed by atoms with van der Waals surface area (Å²) in [6, 6.07) is 6.28. The van der Waals surface area contributed by atoms with E-state index >= 15 is 0 Å². The third-order valence-electron chi connectivity index (χ3n) is 5.79. The lowest BCUT2D eigenvalue weighted by atomic mass is 9.95. The number of hydrogen-bond acceptors (Lipinski definition) is 6. The Morgan fingerprint density at radius 2 is 1.84 bits per heavy atom. The Hall–Kier alpha value is -2.30. The van der Waals surface area contributed by atoms with E-state index in [1.165, 1.54) is 21.7 Å². The van der Waals surface area contributed by atoms with Gasteiger partial charge in [0.05, 0.1) is 10.6 Å². The molecule has 0 radical (unpaired) electrons. The molecule has 0 saturated carbocycles. The number of hydrogen-bond donors (Lipinski definition) is 1. The fraction of sp³-hybridized carbons (Fsp3) is 0.476. The average molecular weight is 463 g/mol. The molecule has 2 aromatic rings. The summed E-state index contributed by atoms with van der Waals surface area (Å²) in [6.07, 6.45) is 2.85. The number of piperidine rings is 1. The Bertz CT molecular complexity index is 1070. The van der Waals surface area contributed by atoms with Crippen LogP contribution in [-0.4, -0.2) is 60.6 Å². The van der Waals surface area contributed by atoms with Gasteiger partial charge in [-0.1, -0.05) is 6.07 Å². The molecule has 4 rings (SSSR count). The molecule has 31 heavy (non-hydrogen) atoms. The van der Waals surface area contributed by atoms with Gasteiger partial charge in [-0.2, -0.15) is 4.31 Å². The van der Waals surface area contributed by atoms with Crippen molar-refractivity contribution in [3.63, 3.8) is 0 Å². The monoisotopic (exact) mass is 462 g/mol. The normalized spacial score (nSPS) is 18.3. The van der Waals surface area contributed by atoms with Crippen LogP contribution < -0.4 is 5.32 Å². The molecule has 2 saturated heterocycles. The van der Waals surface area contributed by atoms with Crippen molar-refractivity contribution in [1.29, 1.82) is 0 Å². The summed E-state index contributed by atoms with van der Waals surface area (Å²) in [4.78, 5) is 31.6. The maximum atomic E-state index is 13.0. The number of likely N-dealkylation sites (tertiary alicyclic amines) is 1. The first-order valence-corrected chi connectivity index (χ1v) is 12.8. The highest BCUT2D eigenvalue weighted by atomic mass is 32.2. The summed E-state index contributed by atoms with van der Waals surface area (Å²) in [7, 11) is -3.57. The summed E-state index contributed by atoms with van der Waals surface area (Å²) < 4.78 is 27.1. The second-order valence-corrected chi connectivity index (χ2v) is 10.8. The first-order valence-electron chi connectivity index (χ1n) is 10.5. The van der Waals surface area contributed by atoms with Crippen LogP contribution in [0, 0.1) is 12.8 Å². The van der Waals surface area contributed by atoms with E-state index in [1.807, 2.05) is 12.3 Å². The Labute approximate surface area is 186 Å². The van der Waals surface area contributed by atoms with Crippen molar-refractivity contribution in [3.05, 3.63) is 40.9 Å². The summed E-state index contributed by atoms with van der Waals surface area (Å²) in [6.45, 7) is 3.84. The van der Waals surface area contributed by atoms with Gasteiger partial charge in [-0.25, -0.2) is 13.4 Å². The van der Waals surface area contributed by atoms with E-state index in [0.29, 0.717) is 49.7 Å². The minimum atomic E-state index is -3.57. The van der Waals surface area contributed by atoms with Crippen LogP contribution in [0.15, 0.2) is 34.5 Å². The molecule has 2 amide bonds. The van der Waals surface area contributed by atoms with Crippen LogP contribution in [0.3, 0.4) is 0 Å². The molecule has 1 aromatic carbocycles. The number of nitrogens with zero attached hydrogens (tertiary/aromatic N) is 3. The number of anilines is 1. The number of benzene rings is 1. The van der Waals surface area contributed by atoms with E-state index < -0.39 is 10.0 Å². The van der Waals surface area contributed by atoms with Gasteiger partial charge in [0.2, 0.25) is 15.9 Å². The molecule has 0 unspecified atom stereocenters. The summed E-state index contributed by atoms with van der Waals surface area (Å²) in [5.74, 6) is -0.442. The van der Waals surface area contributed by atoms with Gasteiger partial charge in [0.15, 0.2) is 5.13 Å². The third-order valence-corrected chi connectivity index (χ3v) is 8.56. The number of carbonyl (C=O) groups is 2. The van der Waals surface area contributed by atoms with Gasteiger partial charge in [0.1, 0.15) is 0 Å². The summed E-state index contributed by atoms with van der Waals surface area (Å²) >= 11 is 1.40. The molecule has 0 atom stereocenters. The molecule has 1 aromatic heterocycles. The Morgan fingerprint density at radius 1 is 1.13 bits per heavy atom. The number of amides is 2. The molecule has 2 fully saturated rings. The summed E-state index contributed by atoms with van der Waals surface area (Å²) in [5, 5.41) is 5.33. The van der Waals surface area contributed by atoms with Crippen LogP contribution in [0.25, 0.3) is 0 Å². The standard InChI is InChI=1S/C21H26N4O4S2/c1-15-14-30-21(22-15)23-19(26)16-7-11-24(12-8-16)20(27)17-5-4-6-18(13-17)31(28,29)25-9-2-3-10-25/h4-6,13-14,16H,2-3,7-12H2,1H3,(H,22,23,26). The first-order chi connectivity index (χ1) is 14.8. The molecular formula is C21H26N4O4S2. The Morgan fingerprint density at radius 3 is 2.48 bits per heavy atom. The van der Waals surface area contributed by atoms with Crippen LogP contribution in [-0.2, 0) is 14.8 Å². The predicted octanol–water partition coefficient (Wildman–Crippen LogP) is 2.73. The van der Waals surface area contributed by atoms with Crippen molar-refractivity contribution >= 4 is 38.3 Å². The van der Waals surface area contributed by atoms with Crippen molar-refractivity contribution in [2.24, 2.45) is 5.92 Å². The zero-order chi connectivity index (χ0) is 22.0. The summed E-state index contributed by atoms with van der Waals surface area (Å²) in [5.41, 5.74) is 1.23. The lowest BCUT2D eigenvalue weighted by Gasteiger charge is -2.31. The predicted molar refractivity (Wildman–Crippen MR) is 119 cm³/mol. The van der Waals surface area contributed by atoms with E-state index in [0.717, 1.165) is 18.5 Å². The molecule has 166 valence electrons. The van der Waals surface area contributed by atoms with Crippen LogP contribution in [0.4, 0.5) is 5.13 Å². The molecule has 2 aliphatic heterocycles. The minimum absolute atomic E-state index is 0.0693. The fourth-order valence-corrected chi connectivity index (χ4v) is 6.27. The highest BCUT2D eigenvalue weighted by molar-refractivity contribution is 7.89. The first kappa shape index (κ1) is 21.9. The van der Waals surface area contributed by atoms with Gasteiger partial charge in [-0.05, 0) is 50.8 Å². The molecule has 2 aliphatic rings. The maximum Gasteiger partial charge on any atom is 0.253 e. The van der Waals surface area contributed by atoms with Crippen molar-refractivity contribution in [2.75, 3.05) is 31.5 Å². The molecular weight excluding hydrogens is 436 g/mol. The number of thiazole rings is 1. The smallest absolute Gasteiger partial charge is 0.253 e. The van der Waals surface area contributed by atoms with Crippen molar-refractivity contribution in [1.82, 2.24) is 14.2 Å². The van der Waals surface area contributed by atoms with Crippen LogP contribution in [0.2, 0.25) is 0 Å². The van der Waals surface area contributed by atoms with E-state index in [-0.39, 0.29) is 22.6 Å². The van der Waals surface area contributed by atoms with E-state index in [4.69, 9.17) is 0 Å². The lowest BCUT2D eigenvalue weighted by molar-refractivity contribution is -0.121. The molecule has 3 heterocycles. The SMILES string of the molecule is Cc1csc(NC(=O)C2CCN(C(=O)c3cccc(S(=O)(=O)N4CCCC4)c3)CC2)n1. The topological polar surface area (TPSA) is 99.7 Å². The average Bonchev–Trinajstić information content (AvgIpc) is 3.46. The van der Waals surface area contributed by atoms with Gasteiger partial charge in [-0.3, -0.25) is 9.59 Å². The van der Waals surface area contributed by atoms with Crippen molar-refractivity contribution in [2.45, 2.75) is 37.5 Å². The van der Waals surface area contributed by atoms with Crippen LogP contribution in [0.5, 0.6) is 0 Å². The van der Waals surface area contributed by atoms with Gasteiger partial charge >= 0.3 is 0 Å². The van der Waals surface area contributed by atoms with Gasteiger partial charge in [-0.15, -0.1) is 11.3 Å². The number of aryl methyl sites for hydroxylation is 1. The van der Waals surface area contributed by atoms with Gasteiger partial charge in [0, 0.05) is 43.0 Å². The highest BCUT2D eigenvalue weighted by Gasteiger charge is 2.30. The van der Waals surface area contributed by atoms with Crippen LogP contribution >= 0.6 is 11.3 Å². The largest absolute Gasteiger partial charge is 0.339 e.